The third-order valence-corrected chi connectivity index (χ3v) is 7.55. The number of fused-ring (bicyclic) bond motifs is 2. The molecule has 0 aliphatic carbocycles. The van der Waals surface area contributed by atoms with E-state index in [-0.39, 0.29) is 23.9 Å². The van der Waals surface area contributed by atoms with Gasteiger partial charge in [-0.25, -0.2) is 0 Å². The Morgan fingerprint density at radius 2 is 1.27 bits per heavy atom. The fourth-order valence-electron chi connectivity index (χ4n) is 5.14. The monoisotopic (exact) mass is 612 g/mol. The highest BCUT2D eigenvalue weighted by atomic mass is 16.5. The molecule has 4 N–H and O–H groups in total. The van der Waals surface area contributed by atoms with Gasteiger partial charge in [0, 0.05) is 72.1 Å². The van der Waals surface area contributed by atoms with Crippen LogP contribution in [0.15, 0.2) is 72.6 Å². The Hall–Kier alpha value is -4.86. The number of carbonyl (C=O) groups excluding carboxylic acids is 2. The molecule has 2 unspecified atom stereocenters. The second kappa shape index (κ2) is 16.3. The van der Waals surface area contributed by atoms with E-state index >= 15 is 0 Å². The Bertz CT molecular complexity index is 1640. The summed E-state index contributed by atoms with van der Waals surface area (Å²) in [6.45, 7) is 6.87. The van der Waals surface area contributed by atoms with E-state index in [2.05, 4.69) is 45.1 Å². The summed E-state index contributed by atoms with van der Waals surface area (Å²) in [5.74, 6) is 1.02. The molecule has 0 saturated heterocycles. The molecule has 0 spiro atoms. The fourth-order valence-corrected chi connectivity index (χ4v) is 5.14. The Balaban J connectivity index is 1.14. The molecule has 10 nitrogen and oxygen atoms in total. The van der Waals surface area contributed by atoms with Crippen LogP contribution < -0.4 is 30.7 Å². The minimum absolute atomic E-state index is 0.158. The standard InChI is InChI=1S/C35H44N6O4/c1-23(35(43)39-17-7-11-25(3)41-31-22-29(45-5)20-27-13-9-16-38-34(27)31)18-32(42)36-14-6-10-24(2)40-30-21-28(44-4)19-26-12-8-15-37-33(26)30/h8-9,12-13,15-16,18-22,24-25,40-41H,6-7,10-11,14,17H2,1-5H3,(H,36,42)(H,39,43)/b23-18+. The van der Waals surface area contributed by atoms with Crippen LogP contribution in [0.25, 0.3) is 21.8 Å². The van der Waals surface area contributed by atoms with Crippen LogP contribution in [0.5, 0.6) is 11.5 Å². The number of aromatic nitrogens is 2. The van der Waals surface area contributed by atoms with Crippen molar-refractivity contribution in [1.29, 1.82) is 0 Å². The van der Waals surface area contributed by atoms with Gasteiger partial charge in [0.2, 0.25) is 11.8 Å². The van der Waals surface area contributed by atoms with Crippen LogP contribution in [0.1, 0.15) is 46.5 Å². The fraction of sp³-hybridized carbons (Fsp3) is 0.371. The Morgan fingerprint density at radius 1 is 0.778 bits per heavy atom. The van der Waals surface area contributed by atoms with Gasteiger partial charge in [-0.05, 0) is 70.7 Å². The first-order valence-corrected chi connectivity index (χ1v) is 15.4. The molecule has 4 aromatic rings. The van der Waals surface area contributed by atoms with E-state index in [1.807, 2.05) is 48.5 Å². The number of benzene rings is 2. The topological polar surface area (TPSA) is 127 Å². The van der Waals surface area contributed by atoms with Gasteiger partial charge in [-0.1, -0.05) is 12.1 Å². The number of nitrogens with one attached hydrogen (secondary N) is 4. The summed E-state index contributed by atoms with van der Waals surface area (Å²) in [6, 6.07) is 16.0. The summed E-state index contributed by atoms with van der Waals surface area (Å²) in [5, 5.41) is 14.8. The molecule has 2 aromatic heterocycles. The van der Waals surface area contributed by atoms with E-state index in [1.54, 1.807) is 33.5 Å². The van der Waals surface area contributed by atoms with E-state index < -0.39 is 0 Å². The quantitative estimate of drug-likeness (QED) is 0.0919. The lowest BCUT2D eigenvalue weighted by Gasteiger charge is -2.17. The van der Waals surface area contributed by atoms with Crippen molar-refractivity contribution in [3.63, 3.8) is 0 Å². The first-order valence-electron chi connectivity index (χ1n) is 15.4. The van der Waals surface area contributed by atoms with Crippen molar-refractivity contribution < 1.29 is 19.1 Å². The van der Waals surface area contributed by atoms with Crippen molar-refractivity contribution in [3.05, 3.63) is 72.6 Å². The van der Waals surface area contributed by atoms with Crippen LogP contribution in [0.2, 0.25) is 0 Å². The highest BCUT2D eigenvalue weighted by molar-refractivity contribution is 6.00. The van der Waals surface area contributed by atoms with Crippen LogP contribution in [-0.2, 0) is 9.59 Å². The molecule has 2 heterocycles. The van der Waals surface area contributed by atoms with Gasteiger partial charge in [-0.15, -0.1) is 0 Å². The van der Waals surface area contributed by atoms with Gasteiger partial charge in [0.1, 0.15) is 11.5 Å². The lowest BCUT2D eigenvalue weighted by Crippen LogP contribution is -2.29. The van der Waals surface area contributed by atoms with Crippen LogP contribution in [0, 0.1) is 0 Å². The average molecular weight is 613 g/mol. The van der Waals surface area contributed by atoms with Crippen molar-refractivity contribution in [3.8, 4) is 11.5 Å². The molecule has 0 fully saturated rings. The lowest BCUT2D eigenvalue weighted by molar-refractivity contribution is -0.119. The maximum absolute atomic E-state index is 12.5. The zero-order chi connectivity index (χ0) is 32.2. The Labute approximate surface area is 265 Å². The second-order valence-corrected chi connectivity index (χ2v) is 11.2. The number of hydrogen-bond acceptors (Lipinski definition) is 8. The van der Waals surface area contributed by atoms with Gasteiger partial charge in [0.25, 0.3) is 0 Å². The normalized spacial score (nSPS) is 12.8. The van der Waals surface area contributed by atoms with Gasteiger partial charge in [-0.2, -0.15) is 0 Å². The van der Waals surface area contributed by atoms with Crippen molar-refractivity contribution in [2.75, 3.05) is 37.9 Å². The van der Waals surface area contributed by atoms with Crippen LogP contribution in [-0.4, -0.2) is 61.2 Å². The Morgan fingerprint density at radius 3 is 1.76 bits per heavy atom. The number of nitrogens with zero attached hydrogens (tertiary/aromatic N) is 2. The van der Waals surface area contributed by atoms with Gasteiger partial charge >= 0.3 is 0 Å². The molecule has 0 saturated carbocycles. The second-order valence-electron chi connectivity index (χ2n) is 11.2. The lowest BCUT2D eigenvalue weighted by atomic mass is 10.1. The number of ether oxygens (including phenoxy) is 2. The smallest absolute Gasteiger partial charge is 0.247 e. The molecular weight excluding hydrogens is 568 g/mol. The maximum Gasteiger partial charge on any atom is 0.247 e. The molecule has 4 rings (SSSR count). The van der Waals surface area contributed by atoms with Crippen molar-refractivity contribution >= 4 is 45.0 Å². The molecule has 2 amide bonds. The highest BCUT2D eigenvalue weighted by Crippen LogP contribution is 2.29. The number of pyridine rings is 2. The number of amides is 2. The van der Waals surface area contributed by atoms with E-state index in [4.69, 9.17) is 9.47 Å². The van der Waals surface area contributed by atoms with Gasteiger partial charge < -0.3 is 30.7 Å². The van der Waals surface area contributed by atoms with E-state index in [0.717, 1.165) is 70.4 Å². The first kappa shape index (κ1) is 33.0. The maximum atomic E-state index is 12.5. The molecule has 2 aromatic carbocycles. The van der Waals surface area contributed by atoms with Crippen molar-refractivity contribution in [1.82, 2.24) is 20.6 Å². The molecule has 45 heavy (non-hydrogen) atoms. The van der Waals surface area contributed by atoms with Gasteiger partial charge in [0.15, 0.2) is 0 Å². The minimum Gasteiger partial charge on any atom is -0.497 e. The SMILES string of the molecule is COc1cc(NC(C)CCCNC(=O)/C=C(\C)C(=O)NCCCC(C)Nc2cc(OC)cc3cccnc23)c2ncccc2c1. The predicted molar refractivity (Wildman–Crippen MR) is 181 cm³/mol. The molecule has 10 heteroatoms. The Kier molecular flexibility index (Phi) is 12.0. The largest absolute Gasteiger partial charge is 0.497 e. The molecule has 0 bridgehead atoms. The van der Waals surface area contributed by atoms with Crippen LogP contribution in [0.3, 0.4) is 0 Å². The number of carbonyl (C=O) groups is 2. The third-order valence-electron chi connectivity index (χ3n) is 7.55. The molecular formula is C35H44N6O4. The zero-order valence-electron chi connectivity index (χ0n) is 26.8. The molecule has 2 atom stereocenters. The van der Waals surface area contributed by atoms with E-state index in [9.17, 15) is 9.59 Å². The summed E-state index contributed by atoms with van der Waals surface area (Å²) < 4.78 is 10.9. The third kappa shape index (κ3) is 9.56. The highest BCUT2D eigenvalue weighted by Gasteiger charge is 2.12. The summed E-state index contributed by atoms with van der Waals surface area (Å²) in [5.41, 5.74) is 3.99. The van der Waals surface area contributed by atoms with Crippen molar-refractivity contribution in [2.24, 2.45) is 0 Å². The van der Waals surface area contributed by atoms with Crippen LogP contribution >= 0.6 is 0 Å². The minimum atomic E-state index is -0.275. The predicted octanol–water partition coefficient (Wildman–Crippen LogP) is 5.84. The zero-order valence-corrected chi connectivity index (χ0v) is 26.8. The molecule has 0 aliphatic rings. The van der Waals surface area contributed by atoms with E-state index in [1.165, 1.54) is 6.08 Å². The van der Waals surface area contributed by atoms with Gasteiger partial charge in [-0.3, -0.25) is 19.6 Å². The van der Waals surface area contributed by atoms with E-state index in [0.29, 0.717) is 18.7 Å². The molecule has 0 radical (unpaired) electrons. The van der Waals surface area contributed by atoms with Crippen LogP contribution in [0.4, 0.5) is 11.4 Å². The number of methoxy groups -OCH3 is 2. The van der Waals surface area contributed by atoms with Gasteiger partial charge in [0.05, 0.1) is 36.6 Å². The summed E-state index contributed by atoms with van der Waals surface area (Å²) in [7, 11) is 3.30. The molecule has 0 aliphatic heterocycles. The number of rotatable bonds is 16. The van der Waals surface area contributed by atoms with Crippen molar-refractivity contribution in [2.45, 2.75) is 58.5 Å². The first-order chi connectivity index (χ1) is 21.8. The average Bonchev–Trinajstić information content (AvgIpc) is 3.04. The summed E-state index contributed by atoms with van der Waals surface area (Å²) in [6.07, 6.45) is 8.15. The number of hydrogen-bond donors (Lipinski definition) is 4. The molecule has 238 valence electrons. The number of anilines is 2. The summed E-state index contributed by atoms with van der Waals surface area (Å²) in [4.78, 5) is 34.0. The summed E-state index contributed by atoms with van der Waals surface area (Å²) >= 11 is 0.